The largest absolute Gasteiger partial charge is 0.496 e. The van der Waals surface area contributed by atoms with Crippen molar-refractivity contribution >= 4 is 17.9 Å². The van der Waals surface area contributed by atoms with Crippen LogP contribution in [0.5, 0.6) is 5.75 Å². The molecular formula is C24H28N2O3. The zero-order valence-electron chi connectivity index (χ0n) is 17.1. The molecule has 0 saturated carbocycles. The highest BCUT2D eigenvalue weighted by Gasteiger charge is 2.26. The maximum absolute atomic E-state index is 12.5. The Labute approximate surface area is 172 Å². The highest BCUT2D eigenvalue weighted by molar-refractivity contribution is 5.92. The van der Waals surface area contributed by atoms with Gasteiger partial charge in [-0.1, -0.05) is 42.0 Å². The van der Waals surface area contributed by atoms with E-state index in [1.54, 1.807) is 24.2 Å². The molecule has 1 fully saturated rings. The van der Waals surface area contributed by atoms with Gasteiger partial charge in [0.2, 0.25) is 11.8 Å². The molecule has 0 unspecified atom stereocenters. The highest BCUT2D eigenvalue weighted by atomic mass is 16.5. The summed E-state index contributed by atoms with van der Waals surface area (Å²) in [4.78, 5) is 26.8. The number of methoxy groups -OCH3 is 1. The molecule has 1 heterocycles. The van der Waals surface area contributed by atoms with E-state index in [0.717, 1.165) is 22.4 Å². The summed E-state index contributed by atoms with van der Waals surface area (Å²) in [5, 5.41) is 3.01. The number of benzene rings is 2. The number of rotatable bonds is 6. The van der Waals surface area contributed by atoms with Gasteiger partial charge in [0.15, 0.2) is 0 Å². The number of hydrogen-bond donors (Lipinski definition) is 1. The molecule has 0 bridgehead atoms. The molecular weight excluding hydrogens is 364 g/mol. The van der Waals surface area contributed by atoms with E-state index in [-0.39, 0.29) is 17.7 Å². The minimum atomic E-state index is -0.0383. The number of nitrogens with zero attached hydrogens (tertiary/aromatic N) is 1. The topological polar surface area (TPSA) is 58.6 Å². The van der Waals surface area contributed by atoms with Gasteiger partial charge in [0.25, 0.3) is 0 Å². The van der Waals surface area contributed by atoms with Gasteiger partial charge in [0.1, 0.15) is 5.75 Å². The Morgan fingerprint density at radius 2 is 1.86 bits per heavy atom. The van der Waals surface area contributed by atoms with Gasteiger partial charge < -0.3 is 15.0 Å². The summed E-state index contributed by atoms with van der Waals surface area (Å²) >= 11 is 0. The minimum Gasteiger partial charge on any atom is -0.496 e. The van der Waals surface area contributed by atoms with E-state index in [1.165, 1.54) is 0 Å². The number of hydrogen-bond acceptors (Lipinski definition) is 3. The summed E-state index contributed by atoms with van der Waals surface area (Å²) in [7, 11) is 1.62. The predicted molar refractivity (Wildman–Crippen MR) is 114 cm³/mol. The SMILES string of the molecule is COc1ccc(C)cc1C=CC(=O)N1CCC(C(=O)NCc2ccccc2)CC1. The van der Waals surface area contributed by atoms with Crippen LogP contribution in [0.2, 0.25) is 0 Å². The van der Waals surface area contributed by atoms with Gasteiger partial charge in [-0.05, 0) is 43.5 Å². The molecule has 0 aromatic heterocycles. The Balaban J connectivity index is 1.49. The maximum atomic E-state index is 12.5. The number of carbonyl (C=O) groups excluding carboxylic acids is 2. The summed E-state index contributed by atoms with van der Waals surface area (Å²) in [6.45, 7) is 3.74. The van der Waals surface area contributed by atoms with Crippen LogP contribution >= 0.6 is 0 Å². The average molecular weight is 392 g/mol. The molecule has 3 rings (SSSR count). The van der Waals surface area contributed by atoms with Crippen LogP contribution in [-0.4, -0.2) is 36.9 Å². The molecule has 1 aliphatic heterocycles. The third kappa shape index (κ3) is 5.70. The highest BCUT2D eigenvalue weighted by Crippen LogP contribution is 2.22. The van der Waals surface area contributed by atoms with Crippen LogP contribution in [0.25, 0.3) is 6.08 Å². The lowest BCUT2D eigenvalue weighted by molar-refractivity contribution is -0.132. The molecule has 2 aromatic carbocycles. The summed E-state index contributed by atoms with van der Waals surface area (Å²) < 4.78 is 5.35. The molecule has 0 atom stereocenters. The molecule has 0 spiro atoms. The van der Waals surface area contributed by atoms with Crippen LogP contribution < -0.4 is 10.1 Å². The predicted octanol–water partition coefficient (Wildman–Crippen LogP) is 3.57. The van der Waals surface area contributed by atoms with Gasteiger partial charge in [-0.15, -0.1) is 0 Å². The third-order valence-electron chi connectivity index (χ3n) is 5.28. The fourth-order valence-electron chi connectivity index (χ4n) is 3.54. The summed E-state index contributed by atoms with van der Waals surface area (Å²) in [5.74, 6) is 0.745. The number of amides is 2. The summed E-state index contributed by atoms with van der Waals surface area (Å²) in [6.07, 6.45) is 4.77. The average Bonchev–Trinajstić information content (AvgIpc) is 2.76. The fraction of sp³-hybridized carbons (Fsp3) is 0.333. The summed E-state index contributed by atoms with van der Waals surface area (Å²) in [6, 6.07) is 15.8. The second kappa shape index (κ2) is 9.92. The van der Waals surface area contributed by atoms with Crippen LogP contribution in [0.4, 0.5) is 0 Å². The molecule has 5 heteroatoms. The molecule has 152 valence electrons. The molecule has 1 N–H and O–H groups in total. The van der Waals surface area contributed by atoms with Crippen molar-refractivity contribution < 1.29 is 14.3 Å². The standard InChI is InChI=1S/C24H28N2O3/c1-18-8-10-22(29-2)21(16-18)9-11-23(27)26-14-12-20(13-15-26)24(28)25-17-19-6-4-3-5-7-19/h3-11,16,20H,12-15,17H2,1-2H3,(H,25,28). The Morgan fingerprint density at radius 3 is 2.55 bits per heavy atom. The molecule has 5 nitrogen and oxygen atoms in total. The van der Waals surface area contributed by atoms with Crippen LogP contribution in [0.1, 0.15) is 29.5 Å². The zero-order chi connectivity index (χ0) is 20.6. The quantitative estimate of drug-likeness (QED) is 0.765. The van der Waals surface area contributed by atoms with Crippen molar-refractivity contribution in [2.24, 2.45) is 5.92 Å². The van der Waals surface area contributed by atoms with Gasteiger partial charge in [-0.25, -0.2) is 0 Å². The Morgan fingerprint density at radius 1 is 1.14 bits per heavy atom. The van der Waals surface area contributed by atoms with E-state index in [4.69, 9.17) is 4.74 Å². The first-order valence-electron chi connectivity index (χ1n) is 10.00. The van der Waals surface area contributed by atoms with E-state index in [9.17, 15) is 9.59 Å². The monoisotopic (exact) mass is 392 g/mol. The first-order valence-corrected chi connectivity index (χ1v) is 10.00. The Bertz CT molecular complexity index is 869. The number of piperidine rings is 1. The lowest BCUT2D eigenvalue weighted by atomic mass is 9.95. The molecule has 29 heavy (non-hydrogen) atoms. The number of aryl methyl sites for hydroxylation is 1. The van der Waals surface area contributed by atoms with Gasteiger partial charge in [-0.2, -0.15) is 0 Å². The van der Waals surface area contributed by atoms with E-state index in [0.29, 0.717) is 32.5 Å². The molecule has 1 aliphatic rings. The Kier molecular flexibility index (Phi) is 7.06. The first-order chi connectivity index (χ1) is 14.1. The van der Waals surface area contributed by atoms with Crippen molar-refractivity contribution in [3.8, 4) is 5.75 Å². The Hall–Kier alpha value is -3.08. The van der Waals surface area contributed by atoms with Crippen LogP contribution in [0, 0.1) is 12.8 Å². The molecule has 0 radical (unpaired) electrons. The maximum Gasteiger partial charge on any atom is 0.246 e. The number of nitrogens with one attached hydrogen (secondary N) is 1. The van der Waals surface area contributed by atoms with Crippen molar-refractivity contribution in [1.82, 2.24) is 10.2 Å². The van der Waals surface area contributed by atoms with Crippen LogP contribution in [0.15, 0.2) is 54.6 Å². The van der Waals surface area contributed by atoms with Crippen molar-refractivity contribution in [3.63, 3.8) is 0 Å². The van der Waals surface area contributed by atoms with E-state index < -0.39 is 0 Å². The molecule has 2 aromatic rings. The second-order valence-corrected chi connectivity index (χ2v) is 7.38. The van der Waals surface area contributed by atoms with E-state index in [2.05, 4.69) is 5.32 Å². The number of carbonyl (C=O) groups is 2. The smallest absolute Gasteiger partial charge is 0.246 e. The minimum absolute atomic E-state index is 0.0308. The number of ether oxygens (including phenoxy) is 1. The van der Waals surface area contributed by atoms with Gasteiger partial charge >= 0.3 is 0 Å². The van der Waals surface area contributed by atoms with Crippen molar-refractivity contribution in [2.45, 2.75) is 26.3 Å². The van der Waals surface area contributed by atoms with Gasteiger partial charge in [-0.3, -0.25) is 9.59 Å². The van der Waals surface area contributed by atoms with Crippen molar-refractivity contribution in [2.75, 3.05) is 20.2 Å². The molecule has 0 aliphatic carbocycles. The zero-order valence-corrected chi connectivity index (χ0v) is 17.1. The number of likely N-dealkylation sites (tertiary alicyclic amines) is 1. The fourth-order valence-corrected chi connectivity index (χ4v) is 3.54. The lowest BCUT2D eigenvalue weighted by Crippen LogP contribution is -2.42. The van der Waals surface area contributed by atoms with E-state index >= 15 is 0 Å². The van der Waals surface area contributed by atoms with Crippen LogP contribution in [-0.2, 0) is 16.1 Å². The normalized spacial score (nSPS) is 14.8. The second-order valence-electron chi connectivity index (χ2n) is 7.38. The van der Waals surface area contributed by atoms with Crippen molar-refractivity contribution in [1.29, 1.82) is 0 Å². The summed E-state index contributed by atoms with van der Waals surface area (Å²) in [5.41, 5.74) is 3.08. The molecule has 2 amide bonds. The van der Waals surface area contributed by atoms with Crippen molar-refractivity contribution in [3.05, 3.63) is 71.3 Å². The van der Waals surface area contributed by atoms with Crippen LogP contribution in [0.3, 0.4) is 0 Å². The van der Waals surface area contributed by atoms with Gasteiger partial charge in [0, 0.05) is 37.2 Å². The first kappa shape index (κ1) is 20.6. The van der Waals surface area contributed by atoms with E-state index in [1.807, 2.05) is 55.5 Å². The third-order valence-corrected chi connectivity index (χ3v) is 5.28. The van der Waals surface area contributed by atoms with Gasteiger partial charge in [0.05, 0.1) is 7.11 Å². The lowest BCUT2D eigenvalue weighted by Gasteiger charge is -2.30. The molecule has 1 saturated heterocycles.